The number of ether oxygens (including phenoxy) is 1. The number of nitrogens with one attached hydrogen (secondary N) is 2. The maximum Gasteiger partial charge on any atom is 0.262 e. The molecule has 1 fully saturated rings. The smallest absolute Gasteiger partial charge is 0.262 e. The summed E-state index contributed by atoms with van der Waals surface area (Å²) in [5.74, 6) is -0.547. The van der Waals surface area contributed by atoms with Gasteiger partial charge in [-0.15, -0.1) is 0 Å². The summed E-state index contributed by atoms with van der Waals surface area (Å²) < 4.78 is 18.2. The highest BCUT2D eigenvalue weighted by molar-refractivity contribution is 6.04. The fourth-order valence-electron chi connectivity index (χ4n) is 3.17. The maximum absolute atomic E-state index is 12.9. The van der Waals surface area contributed by atoms with Crippen LogP contribution in [0.1, 0.15) is 42.5 Å². The minimum absolute atomic E-state index is 0.183. The lowest BCUT2D eigenvalue weighted by molar-refractivity contribution is -0.118. The van der Waals surface area contributed by atoms with Gasteiger partial charge < -0.3 is 15.4 Å². The van der Waals surface area contributed by atoms with Gasteiger partial charge in [-0.1, -0.05) is 31.4 Å². The predicted molar refractivity (Wildman–Crippen MR) is 101 cm³/mol. The highest BCUT2D eigenvalue weighted by atomic mass is 19.1. The molecule has 2 aromatic rings. The highest BCUT2D eigenvalue weighted by Gasteiger charge is 2.19. The molecule has 0 heterocycles. The van der Waals surface area contributed by atoms with Crippen molar-refractivity contribution in [2.75, 3.05) is 11.9 Å². The van der Waals surface area contributed by atoms with E-state index in [9.17, 15) is 14.0 Å². The molecule has 6 heteroatoms. The topological polar surface area (TPSA) is 67.4 Å². The second-order valence-electron chi connectivity index (χ2n) is 6.64. The number of amides is 2. The average Bonchev–Trinajstić information content (AvgIpc) is 2.69. The Bertz CT molecular complexity index is 786. The fourth-order valence-corrected chi connectivity index (χ4v) is 3.17. The number of para-hydroxylation sites is 1. The van der Waals surface area contributed by atoms with Crippen LogP contribution in [0, 0.1) is 5.82 Å². The maximum atomic E-state index is 12.9. The summed E-state index contributed by atoms with van der Waals surface area (Å²) >= 11 is 0. The second kappa shape index (κ2) is 9.16. The molecule has 0 spiro atoms. The summed E-state index contributed by atoms with van der Waals surface area (Å²) in [4.78, 5) is 24.8. The molecule has 2 N–H and O–H groups in total. The van der Waals surface area contributed by atoms with E-state index in [-0.39, 0.29) is 24.4 Å². The van der Waals surface area contributed by atoms with E-state index in [2.05, 4.69) is 10.6 Å². The van der Waals surface area contributed by atoms with Crippen molar-refractivity contribution in [3.8, 4) is 5.75 Å². The lowest BCUT2D eigenvalue weighted by Gasteiger charge is -2.23. The Hall–Kier alpha value is -2.89. The Morgan fingerprint density at radius 1 is 1.00 bits per heavy atom. The molecule has 1 aliphatic carbocycles. The molecule has 1 aliphatic rings. The standard InChI is InChI=1S/C21H23FN2O3/c22-15-10-12-17(13-11-15)27-14-20(25)24-19-9-5-4-8-18(19)21(26)23-16-6-2-1-3-7-16/h4-5,8-13,16H,1-3,6-7,14H2,(H,23,26)(H,24,25). The van der Waals surface area contributed by atoms with E-state index in [1.54, 1.807) is 24.3 Å². The first-order chi connectivity index (χ1) is 13.1. The third-order valence-electron chi connectivity index (χ3n) is 4.57. The molecule has 2 amide bonds. The molecule has 0 unspecified atom stereocenters. The fraction of sp³-hybridized carbons (Fsp3) is 0.333. The zero-order valence-electron chi connectivity index (χ0n) is 15.0. The van der Waals surface area contributed by atoms with Crippen molar-refractivity contribution in [3.63, 3.8) is 0 Å². The molecule has 3 rings (SSSR count). The van der Waals surface area contributed by atoms with Gasteiger partial charge in [0.15, 0.2) is 6.61 Å². The van der Waals surface area contributed by atoms with E-state index in [1.165, 1.54) is 30.7 Å². The van der Waals surface area contributed by atoms with E-state index in [0.29, 0.717) is 17.0 Å². The van der Waals surface area contributed by atoms with Crippen LogP contribution in [0.3, 0.4) is 0 Å². The molecule has 142 valence electrons. The summed E-state index contributed by atoms with van der Waals surface area (Å²) in [5, 5.41) is 5.77. The molecule has 1 saturated carbocycles. The van der Waals surface area contributed by atoms with Gasteiger partial charge in [-0.3, -0.25) is 9.59 Å². The van der Waals surface area contributed by atoms with Crippen LogP contribution in [0.4, 0.5) is 10.1 Å². The monoisotopic (exact) mass is 370 g/mol. The van der Waals surface area contributed by atoms with Gasteiger partial charge in [0.25, 0.3) is 11.8 Å². The quantitative estimate of drug-likeness (QED) is 0.810. The first kappa shape index (κ1) is 18.9. The van der Waals surface area contributed by atoms with Crippen molar-refractivity contribution in [2.45, 2.75) is 38.1 Å². The number of carbonyl (C=O) groups excluding carboxylic acids is 2. The van der Waals surface area contributed by atoms with Crippen LogP contribution >= 0.6 is 0 Å². The molecule has 0 saturated heterocycles. The minimum Gasteiger partial charge on any atom is -0.484 e. The number of halogens is 1. The van der Waals surface area contributed by atoms with E-state index in [1.807, 2.05) is 0 Å². The normalized spacial score (nSPS) is 14.4. The van der Waals surface area contributed by atoms with E-state index < -0.39 is 5.91 Å². The van der Waals surface area contributed by atoms with Crippen LogP contribution < -0.4 is 15.4 Å². The predicted octanol–water partition coefficient (Wildman–Crippen LogP) is 3.91. The molecule has 5 nitrogen and oxygen atoms in total. The second-order valence-corrected chi connectivity index (χ2v) is 6.64. The Labute approximate surface area is 157 Å². The van der Waals surface area contributed by atoms with Crippen LogP contribution in [-0.4, -0.2) is 24.5 Å². The van der Waals surface area contributed by atoms with Gasteiger partial charge in [-0.05, 0) is 49.2 Å². The number of benzene rings is 2. The van der Waals surface area contributed by atoms with Gasteiger partial charge in [0, 0.05) is 6.04 Å². The molecule has 0 bridgehead atoms. The first-order valence-corrected chi connectivity index (χ1v) is 9.20. The first-order valence-electron chi connectivity index (χ1n) is 9.20. The van der Waals surface area contributed by atoms with Crippen molar-refractivity contribution >= 4 is 17.5 Å². The number of rotatable bonds is 6. The zero-order chi connectivity index (χ0) is 19.1. The Morgan fingerprint density at radius 2 is 1.70 bits per heavy atom. The average molecular weight is 370 g/mol. The molecule has 0 aliphatic heterocycles. The van der Waals surface area contributed by atoms with Gasteiger partial charge in [0.1, 0.15) is 11.6 Å². The van der Waals surface area contributed by atoms with Crippen LogP contribution in [0.2, 0.25) is 0 Å². The van der Waals surface area contributed by atoms with Crippen molar-refractivity contribution in [1.29, 1.82) is 0 Å². The van der Waals surface area contributed by atoms with Crippen molar-refractivity contribution in [3.05, 3.63) is 59.9 Å². The number of hydrogen-bond acceptors (Lipinski definition) is 3. The van der Waals surface area contributed by atoms with Gasteiger partial charge in [-0.25, -0.2) is 4.39 Å². The summed E-state index contributed by atoms with van der Waals surface area (Å²) in [6.45, 7) is -0.232. The van der Waals surface area contributed by atoms with Crippen LogP contribution in [0.15, 0.2) is 48.5 Å². The number of carbonyl (C=O) groups is 2. The molecular weight excluding hydrogens is 347 g/mol. The molecular formula is C21H23FN2O3. The Morgan fingerprint density at radius 3 is 2.44 bits per heavy atom. The van der Waals surface area contributed by atoms with Gasteiger partial charge in [0.2, 0.25) is 0 Å². The molecule has 0 aromatic heterocycles. The highest BCUT2D eigenvalue weighted by Crippen LogP contribution is 2.20. The largest absolute Gasteiger partial charge is 0.484 e. The van der Waals surface area contributed by atoms with Crippen molar-refractivity contribution in [2.24, 2.45) is 0 Å². The van der Waals surface area contributed by atoms with Crippen LogP contribution in [0.5, 0.6) is 5.75 Å². The zero-order valence-corrected chi connectivity index (χ0v) is 15.0. The third-order valence-corrected chi connectivity index (χ3v) is 4.57. The SMILES string of the molecule is O=C(COc1ccc(F)cc1)Nc1ccccc1C(=O)NC1CCCCC1. The lowest BCUT2D eigenvalue weighted by Crippen LogP contribution is -2.36. The molecule has 0 radical (unpaired) electrons. The van der Waals surface area contributed by atoms with E-state index in [4.69, 9.17) is 4.74 Å². The molecule has 27 heavy (non-hydrogen) atoms. The number of hydrogen-bond donors (Lipinski definition) is 2. The van der Waals surface area contributed by atoms with Gasteiger partial charge in [-0.2, -0.15) is 0 Å². The van der Waals surface area contributed by atoms with Crippen molar-refractivity contribution < 1.29 is 18.7 Å². The Balaban J connectivity index is 1.58. The number of anilines is 1. The molecule has 2 aromatic carbocycles. The molecule has 0 atom stereocenters. The van der Waals surface area contributed by atoms with Crippen LogP contribution in [-0.2, 0) is 4.79 Å². The van der Waals surface area contributed by atoms with Crippen LogP contribution in [0.25, 0.3) is 0 Å². The van der Waals surface area contributed by atoms with Gasteiger partial charge in [0.05, 0.1) is 11.3 Å². The summed E-state index contributed by atoms with van der Waals surface area (Å²) in [6, 6.07) is 12.5. The third kappa shape index (κ3) is 5.54. The Kier molecular flexibility index (Phi) is 6.41. The van der Waals surface area contributed by atoms with E-state index in [0.717, 1.165) is 25.7 Å². The van der Waals surface area contributed by atoms with Gasteiger partial charge >= 0.3 is 0 Å². The summed E-state index contributed by atoms with van der Waals surface area (Å²) in [6.07, 6.45) is 5.46. The summed E-state index contributed by atoms with van der Waals surface area (Å²) in [7, 11) is 0. The van der Waals surface area contributed by atoms with Crippen molar-refractivity contribution in [1.82, 2.24) is 5.32 Å². The summed E-state index contributed by atoms with van der Waals surface area (Å²) in [5.41, 5.74) is 0.872. The lowest BCUT2D eigenvalue weighted by atomic mass is 9.95. The minimum atomic E-state index is -0.391. The van der Waals surface area contributed by atoms with E-state index >= 15 is 0 Å².